The van der Waals surface area contributed by atoms with Crippen LogP contribution in [-0.2, 0) is 17.9 Å². The number of fused-ring (bicyclic) bond motifs is 1. The standard InChI is InChI=1S/C8H11N3O2/c1-5-3-11-6(4-13-5)2-10-8(11)7(9)12/h2,5H,3-4H2,1H3,(H2,9,12). The summed E-state index contributed by atoms with van der Waals surface area (Å²) in [6.07, 6.45) is 1.74. The Balaban J connectivity index is 2.41. The number of carbonyl (C=O) groups is 1. The summed E-state index contributed by atoms with van der Waals surface area (Å²) >= 11 is 0. The molecule has 2 N–H and O–H groups in total. The largest absolute Gasteiger partial charge is 0.370 e. The Bertz CT molecular complexity index is 345. The Kier molecular flexibility index (Phi) is 1.81. The Labute approximate surface area is 75.5 Å². The molecule has 0 saturated heterocycles. The van der Waals surface area contributed by atoms with E-state index in [9.17, 15) is 4.79 Å². The highest BCUT2D eigenvalue weighted by Gasteiger charge is 2.20. The fraction of sp³-hybridized carbons (Fsp3) is 0.500. The number of rotatable bonds is 1. The summed E-state index contributed by atoms with van der Waals surface area (Å²) in [6.45, 7) is 3.10. The van der Waals surface area contributed by atoms with Crippen LogP contribution in [0.1, 0.15) is 23.2 Å². The molecule has 2 heterocycles. The third-order valence-electron chi connectivity index (χ3n) is 2.11. The number of hydrogen-bond acceptors (Lipinski definition) is 3. The second kappa shape index (κ2) is 2.85. The monoisotopic (exact) mass is 181 g/mol. The minimum Gasteiger partial charge on any atom is -0.370 e. The summed E-state index contributed by atoms with van der Waals surface area (Å²) in [5.41, 5.74) is 6.07. The lowest BCUT2D eigenvalue weighted by molar-refractivity contribution is 0.0159. The van der Waals surface area contributed by atoms with Gasteiger partial charge in [0, 0.05) is 0 Å². The summed E-state index contributed by atoms with van der Waals surface area (Å²) in [5.74, 6) is -0.162. The maximum Gasteiger partial charge on any atom is 0.284 e. The van der Waals surface area contributed by atoms with Crippen LogP contribution >= 0.6 is 0 Å². The molecule has 5 nitrogen and oxygen atoms in total. The molecule has 1 aromatic rings. The SMILES string of the molecule is CC1Cn2c(cnc2C(N)=O)CO1. The van der Waals surface area contributed by atoms with Gasteiger partial charge in [-0.15, -0.1) is 0 Å². The van der Waals surface area contributed by atoms with Crippen LogP contribution in [0.25, 0.3) is 0 Å². The zero-order chi connectivity index (χ0) is 9.42. The van der Waals surface area contributed by atoms with Crippen LogP contribution in [0.15, 0.2) is 6.20 Å². The summed E-state index contributed by atoms with van der Waals surface area (Å²) in [6, 6.07) is 0. The molecule has 1 unspecified atom stereocenters. The number of nitrogens with zero attached hydrogens (tertiary/aromatic N) is 2. The number of imidazole rings is 1. The van der Waals surface area contributed by atoms with E-state index in [-0.39, 0.29) is 6.10 Å². The van der Waals surface area contributed by atoms with Crippen molar-refractivity contribution in [2.45, 2.75) is 26.2 Å². The van der Waals surface area contributed by atoms with Crippen molar-refractivity contribution in [2.75, 3.05) is 0 Å². The van der Waals surface area contributed by atoms with Gasteiger partial charge in [-0.2, -0.15) is 0 Å². The Morgan fingerprint density at radius 1 is 1.85 bits per heavy atom. The summed E-state index contributed by atoms with van der Waals surface area (Å²) in [4.78, 5) is 14.9. The first kappa shape index (κ1) is 8.25. The quantitative estimate of drug-likeness (QED) is 0.657. The lowest BCUT2D eigenvalue weighted by atomic mass is 10.3. The number of hydrogen-bond donors (Lipinski definition) is 1. The molecule has 0 spiro atoms. The van der Waals surface area contributed by atoms with E-state index < -0.39 is 5.91 Å². The van der Waals surface area contributed by atoms with E-state index in [0.717, 1.165) is 5.69 Å². The van der Waals surface area contributed by atoms with E-state index in [1.165, 1.54) is 0 Å². The number of carbonyl (C=O) groups excluding carboxylic acids is 1. The fourth-order valence-corrected chi connectivity index (χ4v) is 1.46. The molecule has 0 saturated carbocycles. The van der Waals surface area contributed by atoms with E-state index in [2.05, 4.69) is 4.98 Å². The van der Waals surface area contributed by atoms with Crippen molar-refractivity contribution >= 4 is 5.91 Å². The van der Waals surface area contributed by atoms with Gasteiger partial charge < -0.3 is 15.0 Å². The maximum absolute atomic E-state index is 10.9. The van der Waals surface area contributed by atoms with E-state index in [1.54, 1.807) is 6.20 Å². The van der Waals surface area contributed by atoms with Crippen LogP contribution in [0, 0.1) is 0 Å². The lowest BCUT2D eigenvalue weighted by Crippen LogP contribution is -2.28. The molecule has 0 fully saturated rings. The van der Waals surface area contributed by atoms with Gasteiger partial charge in [-0.05, 0) is 6.92 Å². The molecule has 1 atom stereocenters. The molecule has 0 aromatic carbocycles. The number of aromatic nitrogens is 2. The van der Waals surface area contributed by atoms with Gasteiger partial charge in [0.15, 0.2) is 5.82 Å². The number of ether oxygens (including phenoxy) is 1. The fourth-order valence-electron chi connectivity index (χ4n) is 1.46. The van der Waals surface area contributed by atoms with E-state index in [4.69, 9.17) is 10.5 Å². The van der Waals surface area contributed by atoms with Crippen molar-refractivity contribution in [3.8, 4) is 0 Å². The van der Waals surface area contributed by atoms with Crippen molar-refractivity contribution in [2.24, 2.45) is 5.73 Å². The van der Waals surface area contributed by atoms with Crippen molar-refractivity contribution in [1.82, 2.24) is 9.55 Å². The zero-order valence-corrected chi connectivity index (χ0v) is 7.36. The second-order valence-electron chi connectivity index (χ2n) is 3.17. The van der Waals surface area contributed by atoms with Crippen molar-refractivity contribution in [1.29, 1.82) is 0 Å². The molecule has 0 bridgehead atoms. The molecule has 1 aromatic heterocycles. The summed E-state index contributed by atoms with van der Waals surface area (Å²) in [5, 5.41) is 0. The lowest BCUT2D eigenvalue weighted by Gasteiger charge is -2.22. The molecule has 2 rings (SSSR count). The van der Waals surface area contributed by atoms with Gasteiger partial charge in [0.1, 0.15) is 0 Å². The molecular weight excluding hydrogens is 170 g/mol. The minimum atomic E-state index is -0.486. The normalized spacial score (nSPS) is 21.2. The van der Waals surface area contributed by atoms with Gasteiger partial charge >= 0.3 is 0 Å². The van der Waals surface area contributed by atoms with Gasteiger partial charge in [-0.1, -0.05) is 0 Å². The molecule has 5 heteroatoms. The highest BCUT2D eigenvalue weighted by atomic mass is 16.5. The highest BCUT2D eigenvalue weighted by Crippen LogP contribution is 2.15. The first-order valence-corrected chi connectivity index (χ1v) is 4.14. The number of primary amides is 1. The predicted molar refractivity (Wildman–Crippen MR) is 45.0 cm³/mol. The second-order valence-corrected chi connectivity index (χ2v) is 3.17. The predicted octanol–water partition coefficient (Wildman–Crippen LogP) is -0.0993. The van der Waals surface area contributed by atoms with Gasteiger partial charge in [0.05, 0.1) is 31.1 Å². The van der Waals surface area contributed by atoms with E-state index in [1.807, 2.05) is 11.5 Å². The topological polar surface area (TPSA) is 70.1 Å². The van der Waals surface area contributed by atoms with Crippen molar-refractivity contribution in [3.63, 3.8) is 0 Å². The highest BCUT2D eigenvalue weighted by molar-refractivity contribution is 5.89. The smallest absolute Gasteiger partial charge is 0.284 e. The first-order chi connectivity index (χ1) is 6.18. The molecule has 0 aliphatic carbocycles. The van der Waals surface area contributed by atoms with Gasteiger partial charge in [-0.25, -0.2) is 4.98 Å². The molecule has 1 aliphatic heterocycles. The summed E-state index contributed by atoms with van der Waals surface area (Å²) < 4.78 is 7.20. The van der Waals surface area contributed by atoms with Crippen molar-refractivity contribution < 1.29 is 9.53 Å². The van der Waals surface area contributed by atoms with Crippen molar-refractivity contribution in [3.05, 3.63) is 17.7 Å². The zero-order valence-electron chi connectivity index (χ0n) is 7.36. The molecule has 70 valence electrons. The van der Waals surface area contributed by atoms with E-state index in [0.29, 0.717) is 19.0 Å². The average molecular weight is 181 g/mol. The van der Waals surface area contributed by atoms with Gasteiger partial charge in [0.2, 0.25) is 0 Å². The summed E-state index contributed by atoms with van der Waals surface area (Å²) in [7, 11) is 0. The molecular formula is C8H11N3O2. The average Bonchev–Trinajstić information content (AvgIpc) is 2.46. The molecule has 1 aliphatic rings. The Morgan fingerprint density at radius 3 is 3.31 bits per heavy atom. The van der Waals surface area contributed by atoms with Crippen LogP contribution < -0.4 is 5.73 Å². The van der Waals surface area contributed by atoms with Crippen LogP contribution in [0.3, 0.4) is 0 Å². The third-order valence-corrected chi connectivity index (χ3v) is 2.11. The third kappa shape index (κ3) is 1.31. The first-order valence-electron chi connectivity index (χ1n) is 4.14. The molecule has 0 radical (unpaired) electrons. The van der Waals surface area contributed by atoms with Crippen LogP contribution in [-0.4, -0.2) is 21.6 Å². The molecule has 1 amide bonds. The van der Waals surface area contributed by atoms with Crippen LogP contribution in [0.5, 0.6) is 0 Å². The maximum atomic E-state index is 10.9. The Hall–Kier alpha value is -1.36. The van der Waals surface area contributed by atoms with Gasteiger partial charge in [0.25, 0.3) is 5.91 Å². The van der Waals surface area contributed by atoms with Crippen LogP contribution in [0.2, 0.25) is 0 Å². The Morgan fingerprint density at radius 2 is 2.62 bits per heavy atom. The van der Waals surface area contributed by atoms with Crippen LogP contribution in [0.4, 0.5) is 0 Å². The molecule has 13 heavy (non-hydrogen) atoms. The number of nitrogens with two attached hydrogens (primary N) is 1. The number of amides is 1. The van der Waals surface area contributed by atoms with E-state index >= 15 is 0 Å². The van der Waals surface area contributed by atoms with Gasteiger partial charge in [-0.3, -0.25) is 4.79 Å². The minimum absolute atomic E-state index is 0.111.